The molecule has 1 N–H and O–H groups in total. The maximum Gasteiger partial charge on any atom is 0.315 e. The van der Waals surface area contributed by atoms with Crippen LogP contribution in [0.25, 0.3) is 16.9 Å². The predicted octanol–water partition coefficient (Wildman–Crippen LogP) is 1.88. The van der Waals surface area contributed by atoms with E-state index in [-0.39, 0.29) is 19.0 Å². The van der Waals surface area contributed by atoms with E-state index >= 15 is 0 Å². The molecule has 0 saturated heterocycles. The van der Waals surface area contributed by atoms with Crippen molar-refractivity contribution in [2.45, 2.75) is 13.3 Å². The first-order valence-corrected chi connectivity index (χ1v) is 7.01. The van der Waals surface area contributed by atoms with Gasteiger partial charge in [-0.3, -0.25) is 14.9 Å². The van der Waals surface area contributed by atoms with E-state index in [4.69, 9.17) is 9.15 Å². The first-order chi connectivity index (χ1) is 11.2. The zero-order chi connectivity index (χ0) is 16.2. The molecule has 118 valence electrons. The fraction of sp³-hybridized carbons (Fsp3) is 0.200. The predicted molar refractivity (Wildman–Crippen MR) is 80.6 cm³/mol. The molecular weight excluding hydrogens is 300 g/mol. The molecule has 8 heteroatoms. The number of pyridine rings is 1. The number of esters is 1. The average molecular weight is 314 g/mol. The summed E-state index contributed by atoms with van der Waals surface area (Å²) >= 11 is 0. The van der Waals surface area contributed by atoms with Crippen LogP contribution in [0.2, 0.25) is 0 Å². The van der Waals surface area contributed by atoms with Crippen molar-refractivity contribution in [1.82, 2.24) is 14.6 Å². The minimum Gasteiger partial charge on any atom is -0.472 e. The number of hydrogen-bond donors (Lipinski definition) is 1. The van der Waals surface area contributed by atoms with Gasteiger partial charge in [0.2, 0.25) is 11.9 Å². The van der Waals surface area contributed by atoms with E-state index in [0.29, 0.717) is 5.65 Å². The normalized spacial score (nSPS) is 10.7. The number of carbonyl (C=O) groups is 2. The number of amides is 1. The molecule has 0 aliphatic carbocycles. The van der Waals surface area contributed by atoms with E-state index in [0.717, 1.165) is 11.3 Å². The standard InChI is InChI=1S/C15H14N4O4/c1-2-23-14(21)8-13(20)17-15-16-12-5-3-4-11(19(12)18-15)10-6-7-22-9-10/h3-7,9H,2,8H2,1H3,(H,17,18,20). The molecule has 0 unspecified atom stereocenters. The summed E-state index contributed by atoms with van der Waals surface area (Å²) in [7, 11) is 0. The van der Waals surface area contributed by atoms with Gasteiger partial charge in [-0.1, -0.05) is 6.07 Å². The van der Waals surface area contributed by atoms with Crippen LogP contribution in [0.5, 0.6) is 0 Å². The summed E-state index contributed by atoms with van der Waals surface area (Å²) in [4.78, 5) is 27.3. The third-order valence-electron chi connectivity index (χ3n) is 3.04. The highest BCUT2D eigenvalue weighted by atomic mass is 16.5. The summed E-state index contributed by atoms with van der Waals surface area (Å²) in [5.74, 6) is -0.993. The van der Waals surface area contributed by atoms with Gasteiger partial charge in [-0.25, -0.2) is 4.52 Å². The van der Waals surface area contributed by atoms with E-state index in [1.807, 2.05) is 12.1 Å². The molecular formula is C15H14N4O4. The second-order valence-electron chi connectivity index (χ2n) is 4.66. The zero-order valence-electron chi connectivity index (χ0n) is 12.4. The molecule has 0 aromatic carbocycles. The van der Waals surface area contributed by atoms with Gasteiger partial charge in [-0.05, 0) is 25.1 Å². The van der Waals surface area contributed by atoms with Crippen molar-refractivity contribution in [2.24, 2.45) is 0 Å². The number of nitrogens with one attached hydrogen (secondary N) is 1. The number of hydrogen-bond acceptors (Lipinski definition) is 6. The number of fused-ring (bicyclic) bond motifs is 1. The van der Waals surface area contributed by atoms with E-state index in [9.17, 15) is 9.59 Å². The lowest BCUT2D eigenvalue weighted by atomic mass is 10.2. The third kappa shape index (κ3) is 3.20. The highest BCUT2D eigenvalue weighted by molar-refractivity contribution is 6.01. The monoisotopic (exact) mass is 314 g/mol. The summed E-state index contributed by atoms with van der Waals surface area (Å²) in [5.41, 5.74) is 2.18. The number of rotatable bonds is 5. The van der Waals surface area contributed by atoms with Crippen LogP contribution < -0.4 is 5.32 Å². The Morgan fingerprint density at radius 1 is 1.35 bits per heavy atom. The molecule has 0 atom stereocenters. The fourth-order valence-electron chi connectivity index (χ4n) is 2.10. The number of aromatic nitrogens is 3. The average Bonchev–Trinajstić information content (AvgIpc) is 3.15. The van der Waals surface area contributed by atoms with Crippen molar-refractivity contribution in [1.29, 1.82) is 0 Å². The van der Waals surface area contributed by atoms with Gasteiger partial charge >= 0.3 is 5.97 Å². The highest BCUT2D eigenvalue weighted by Crippen LogP contribution is 2.21. The second kappa shape index (κ2) is 6.30. The SMILES string of the molecule is CCOC(=O)CC(=O)Nc1nc2cccc(-c3ccoc3)n2n1. The molecule has 8 nitrogen and oxygen atoms in total. The van der Waals surface area contributed by atoms with Gasteiger partial charge in [0.25, 0.3) is 0 Å². The molecule has 0 aliphatic rings. The number of nitrogens with zero attached hydrogens (tertiary/aromatic N) is 3. The summed E-state index contributed by atoms with van der Waals surface area (Å²) in [6, 6.07) is 7.25. The Morgan fingerprint density at radius 2 is 2.22 bits per heavy atom. The van der Waals surface area contributed by atoms with Crippen LogP contribution in [0.15, 0.2) is 41.2 Å². The van der Waals surface area contributed by atoms with Crippen molar-refractivity contribution in [3.8, 4) is 11.3 Å². The van der Waals surface area contributed by atoms with Gasteiger partial charge in [0.1, 0.15) is 6.42 Å². The quantitative estimate of drug-likeness (QED) is 0.570. The lowest BCUT2D eigenvalue weighted by Crippen LogP contribution is -2.18. The smallest absolute Gasteiger partial charge is 0.315 e. The van der Waals surface area contributed by atoms with Gasteiger partial charge in [0.05, 0.1) is 24.8 Å². The molecule has 3 aromatic heterocycles. The first kappa shape index (κ1) is 14.8. The molecule has 0 bridgehead atoms. The molecule has 0 spiro atoms. The van der Waals surface area contributed by atoms with Crippen molar-refractivity contribution in [3.63, 3.8) is 0 Å². The maximum absolute atomic E-state index is 11.8. The van der Waals surface area contributed by atoms with Gasteiger partial charge in [-0.2, -0.15) is 4.98 Å². The van der Waals surface area contributed by atoms with Crippen LogP contribution >= 0.6 is 0 Å². The molecule has 3 heterocycles. The van der Waals surface area contributed by atoms with Crippen molar-refractivity contribution < 1.29 is 18.7 Å². The fourth-order valence-corrected chi connectivity index (χ4v) is 2.10. The number of furan rings is 1. The van der Waals surface area contributed by atoms with E-state index in [1.165, 1.54) is 0 Å². The zero-order valence-corrected chi connectivity index (χ0v) is 12.4. The Labute approximate surface area is 131 Å². The molecule has 1 amide bonds. The Balaban J connectivity index is 1.82. The van der Waals surface area contributed by atoms with Crippen molar-refractivity contribution >= 4 is 23.5 Å². The highest BCUT2D eigenvalue weighted by Gasteiger charge is 2.14. The largest absolute Gasteiger partial charge is 0.472 e. The molecule has 3 aromatic rings. The van der Waals surface area contributed by atoms with E-state index in [2.05, 4.69) is 15.4 Å². The summed E-state index contributed by atoms with van der Waals surface area (Å²) < 4.78 is 11.4. The molecule has 0 radical (unpaired) electrons. The van der Waals surface area contributed by atoms with Crippen LogP contribution in [0.1, 0.15) is 13.3 Å². The minimum atomic E-state index is -0.590. The van der Waals surface area contributed by atoms with Gasteiger partial charge < -0.3 is 9.15 Å². The Hall–Kier alpha value is -3.16. The Morgan fingerprint density at radius 3 is 2.96 bits per heavy atom. The number of carbonyl (C=O) groups excluding carboxylic acids is 2. The maximum atomic E-state index is 11.8. The minimum absolute atomic E-state index is 0.121. The third-order valence-corrected chi connectivity index (χ3v) is 3.04. The van der Waals surface area contributed by atoms with E-state index < -0.39 is 11.9 Å². The molecule has 0 fully saturated rings. The van der Waals surface area contributed by atoms with Crippen LogP contribution in [0, 0.1) is 0 Å². The Kier molecular flexibility index (Phi) is 4.05. The number of ether oxygens (including phenoxy) is 1. The summed E-state index contributed by atoms with van der Waals surface area (Å²) in [6.45, 7) is 1.91. The number of anilines is 1. The topological polar surface area (TPSA) is 98.7 Å². The van der Waals surface area contributed by atoms with Crippen molar-refractivity contribution in [3.05, 3.63) is 36.8 Å². The van der Waals surface area contributed by atoms with Crippen LogP contribution in [0.4, 0.5) is 5.95 Å². The van der Waals surface area contributed by atoms with Crippen LogP contribution in [-0.4, -0.2) is 33.1 Å². The van der Waals surface area contributed by atoms with Gasteiger partial charge in [0.15, 0.2) is 5.65 Å². The Bertz CT molecular complexity index is 838. The lowest BCUT2D eigenvalue weighted by Gasteiger charge is -2.01. The molecule has 0 saturated carbocycles. The summed E-state index contributed by atoms with van der Waals surface area (Å²) in [6.07, 6.45) is 2.78. The van der Waals surface area contributed by atoms with Gasteiger partial charge in [-0.15, -0.1) is 5.10 Å². The second-order valence-corrected chi connectivity index (χ2v) is 4.66. The molecule has 3 rings (SSSR count). The first-order valence-electron chi connectivity index (χ1n) is 7.01. The summed E-state index contributed by atoms with van der Waals surface area (Å²) in [5, 5.41) is 6.73. The lowest BCUT2D eigenvalue weighted by molar-refractivity contribution is -0.145. The van der Waals surface area contributed by atoms with Crippen LogP contribution in [0.3, 0.4) is 0 Å². The molecule has 0 aliphatic heterocycles. The molecule has 23 heavy (non-hydrogen) atoms. The van der Waals surface area contributed by atoms with E-state index in [1.54, 1.807) is 36.1 Å². The van der Waals surface area contributed by atoms with Crippen LogP contribution in [-0.2, 0) is 14.3 Å². The van der Waals surface area contributed by atoms with Crippen molar-refractivity contribution in [2.75, 3.05) is 11.9 Å². The van der Waals surface area contributed by atoms with Gasteiger partial charge in [0, 0.05) is 5.56 Å².